The van der Waals surface area contributed by atoms with Gasteiger partial charge in [-0.1, -0.05) is 0 Å². The highest BCUT2D eigenvalue weighted by Crippen LogP contribution is 2.43. The number of nitrogens with one attached hydrogen (secondary N) is 1. The molecule has 1 saturated heterocycles. The Kier molecular flexibility index (Phi) is 5.64. The van der Waals surface area contributed by atoms with Gasteiger partial charge in [0.25, 0.3) is 0 Å². The summed E-state index contributed by atoms with van der Waals surface area (Å²) in [7, 11) is 0. The fourth-order valence-corrected chi connectivity index (χ4v) is 4.78. The summed E-state index contributed by atoms with van der Waals surface area (Å²) < 4.78 is 7.75. The first kappa shape index (κ1) is 21.9. The lowest BCUT2D eigenvalue weighted by atomic mass is 9.96. The SMILES string of the molecule is Cc1cnc2c(C(O)Nc3cc4c(cc3N3CCC(CO)CC3)OC(C)(CO)C4)cnn2c1. The first-order valence-corrected chi connectivity index (χ1v) is 11.5. The molecule has 2 aromatic heterocycles. The summed E-state index contributed by atoms with van der Waals surface area (Å²) in [4.78, 5) is 6.70. The number of hydrogen-bond acceptors (Lipinski definition) is 8. The van der Waals surface area contributed by atoms with Crippen LogP contribution in [0.15, 0.2) is 30.7 Å². The zero-order chi connectivity index (χ0) is 23.2. The highest BCUT2D eigenvalue weighted by Gasteiger charge is 2.36. The first-order valence-electron chi connectivity index (χ1n) is 11.5. The van der Waals surface area contributed by atoms with Gasteiger partial charge in [-0.2, -0.15) is 5.10 Å². The van der Waals surface area contributed by atoms with Gasteiger partial charge in [-0.25, -0.2) is 9.50 Å². The van der Waals surface area contributed by atoms with Crippen LogP contribution >= 0.6 is 0 Å². The molecule has 0 amide bonds. The Labute approximate surface area is 192 Å². The smallest absolute Gasteiger partial charge is 0.162 e. The van der Waals surface area contributed by atoms with Gasteiger partial charge in [-0.15, -0.1) is 0 Å². The number of benzene rings is 1. The fraction of sp³-hybridized carbons (Fsp3) is 0.500. The number of piperidine rings is 1. The average Bonchev–Trinajstić information content (AvgIpc) is 3.38. The van der Waals surface area contributed by atoms with Crippen LogP contribution in [0, 0.1) is 12.8 Å². The molecule has 4 heterocycles. The zero-order valence-corrected chi connectivity index (χ0v) is 19.0. The lowest BCUT2D eigenvalue weighted by molar-refractivity contribution is 0.0447. The number of nitrogens with zero attached hydrogens (tertiary/aromatic N) is 4. The van der Waals surface area contributed by atoms with E-state index in [1.165, 1.54) is 0 Å². The highest BCUT2D eigenvalue weighted by molar-refractivity contribution is 5.75. The standard InChI is InChI=1S/C24H31N5O4/c1-15-10-25-22-18(11-26-29(22)12-15)23(32)27-19-7-17-9-24(2,14-31)33-21(17)8-20(19)28-5-3-16(13-30)4-6-28/h7-8,10-12,16,23,27,30-32H,3-6,9,13-14H2,1-2H3. The minimum absolute atomic E-state index is 0.0716. The number of aryl methyl sites for hydroxylation is 1. The third-order valence-electron chi connectivity index (χ3n) is 6.75. The molecule has 0 aliphatic carbocycles. The molecule has 2 unspecified atom stereocenters. The lowest BCUT2D eigenvalue weighted by Crippen LogP contribution is -2.35. The molecule has 3 aromatic rings. The number of fused-ring (bicyclic) bond motifs is 2. The Balaban J connectivity index is 1.48. The van der Waals surface area contributed by atoms with Gasteiger partial charge in [0.05, 0.1) is 29.7 Å². The number of aliphatic hydroxyl groups is 3. The van der Waals surface area contributed by atoms with Crippen molar-refractivity contribution >= 4 is 17.0 Å². The fourth-order valence-electron chi connectivity index (χ4n) is 4.78. The van der Waals surface area contributed by atoms with Crippen LogP contribution in [0.2, 0.25) is 0 Å². The molecular weight excluding hydrogens is 422 g/mol. The van der Waals surface area contributed by atoms with Gasteiger partial charge in [-0.05, 0) is 44.2 Å². The van der Waals surface area contributed by atoms with E-state index in [-0.39, 0.29) is 13.2 Å². The molecule has 176 valence electrons. The van der Waals surface area contributed by atoms with E-state index in [1.54, 1.807) is 16.9 Å². The molecule has 1 aromatic carbocycles. The predicted molar refractivity (Wildman–Crippen MR) is 125 cm³/mol. The molecule has 9 nitrogen and oxygen atoms in total. The molecule has 4 N–H and O–H groups in total. The van der Waals surface area contributed by atoms with Crippen LogP contribution in [0.4, 0.5) is 11.4 Å². The van der Waals surface area contributed by atoms with Crippen LogP contribution in [-0.4, -0.2) is 61.8 Å². The second kappa shape index (κ2) is 8.48. The molecule has 0 radical (unpaired) electrons. The normalized spacial score (nSPS) is 21.8. The molecule has 2 aliphatic rings. The largest absolute Gasteiger partial charge is 0.484 e. The van der Waals surface area contributed by atoms with Crippen molar-refractivity contribution in [2.45, 2.75) is 44.9 Å². The summed E-state index contributed by atoms with van der Waals surface area (Å²) in [5, 5.41) is 38.0. The molecule has 0 saturated carbocycles. The van der Waals surface area contributed by atoms with Crippen molar-refractivity contribution < 1.29 is 20.1 Å². The van der Waals surface area contributed by atoms with Crippen LogP contribution in [-0.2, 0) is 6.42 Å². The Morgan fingerprint density at radius 2 is 2.03 bits per heavy atom. The van der Waals surface area contributed by atoms with Crippen LogP contribution in [0.5, 0.6) is 5.75 Å². The summed E-state index contributed by atoms with van der Waals surface area (Å²) in [6.45, 7) is 5.60. The van der Waals surface area contributed by atoms with Crippen molar-refractivity contribution in [2.75, 3.05) is 36.5 Å². The molecule has 33 heavy (non-hydrogen) atoms. The molecule has 0 spiro atoms. The number of aliphatic hydroxyl groups excluding tert-OH is 3. The Morgan fingerprint density at radius 3 is 2.76 bits per heavy atom. The van der Waals surface area contributed by atoms with Gasteiger partial charge in [-0.3, -0.25) is 0 Å². The van der Waals surface area contributed by atoms with E-state index in [0.29, 0.717) is 23.5 Å². The minimum atomic E-state index is -1.00. The highest BCUT2D eigenvalue weighted by atomic mass is 16.5. The van der Waals surface area contributed by atoms with E-state index in [2.05, 4.69) is 20.3 Å². The third-order valence-corrected chi connectivity index (χ3v) is 6.75. The van der Waals surface area contributed by atoms with Crippen LogP contribution in [0.25, 0.3) is 5.65 Å². The van der Waals surface area contributed by atoms with Crippen molar-refractivity contribution in [3.63, 3.8) is 0 Å². The summed E-state index contributed by atoms with van der Waals surface area (Å²) in [5.74, 6) is 1.08. The molecule has 2 atom stereocenters. The second-order valence-electron chi connectivity index (χ2n) is 9.52. The second-order valence-corrected chi connectivity index (χ2v) is 9.52. The Morgan fingerprint density at radius 1 is 1.24 bits per heavy atom. The van der Waals surface area contributed by atoms with Gasteiger partial charge < -0.3 is 30.3 Å². The zero-order valence-electron chi connectivity index (χ0n) is 19.0. The van der Waals surface area contributed by atoms with E-state index in [9.17, 15) is 15.3 Å². The molecule has 5 rings (SSSR count). The minimum Gasteiger partial charge on any atom is -0.484 e. The summed E-state index contributed by atoms with van der Waals surface area (Å²) >= 11 is 0. The number of hydrogen-bond donors (Lipinski definition) is 4. The summed E-state index contributed by atoms with van der Waals surface area (Å²) in [6.07, 6.45) is 6.66. The Bertz CT molecular complexity index is 1160. The number of rotatable bonds is 6. The summed E-state index contributed by atoms with van der Waals surface area (Å²) in [6, 6.07) is 4.01. The van der Waals surface area contributed by atoms with Crippen molar-refractivity contribution in [2.24, 2.45) is 5.92 Å². The molecule has 1 fully saturated rings. The number of anilines is 2. The maximum Gasteiger partial charge on any atom is 0.162 e. The van der Waals surface area contributed by atoms with E-state index in [1.807, 2.05) is 32.2 Å². The quantitative estimate of drug-likeness (QED) is 0.419. The van der Waals surface area contributed by atoms with Crippen LogP contribution in [0.3, 0.4) is 0 Å². The van der Waals surface area contributed by atoms with E-state index < -0.39 is 11.8 Å². The molecule has 9 heteroatoms. The van der Waals surface area contributed by atoms with Gasteiger partial charge in [0.1, 0.15) is 11.4 Å². The molecule has 0 bridgehead atoms. The maximum absolute atomic E-state index is 11.1. The van der Waals surface area contributed by atoms with Gasteiger partial charge in [0.2, 0.25) is 0 Å². The van der Waals surface area contributed by atoms with Crippen molar-refractivity contribution in [1.29, 1.82) is 0 Å². The van der Waals surface area contributed by atoms with E-state index in [4.69, 9.17) is 4.74 Å². The van der Waals surface area contributed by atoms with E-state index in [0.717, 1.165) is 54.2 Å². The van der Waals surface area contributed by atoms with Crippen molar-refractivity contribution in [1.82, 2.24) is 14.6 Å². The number of ether oxygens (including phenoxy) is 1. The van der Waals surface area contributed by atoms with Gasteiger partial charge in [0, 0.05) is 50.1 Å². The van der Waals surface area contributed by atoms with E-state index >= 15 is 0 Å². The molecular formula is C24H31N5O4. The van der Waals surface area contributed by atoms with Crippen LogP contribution < -0.4 is 15.0 Å². The van der Waals surface area contributed by atoms with Gasteiger partial charge >= 0.3 is 0 Å². The predicted octanol–water partition coefficient (Wildman–Crippen LogP) is 2.04. The lowest BCUT2D eigenvalue weighted by Gasteiger charge is -2.34. The van der Waals surface area contributed by atoms with Crippen molar-refractivity contribution in [3.05, 3.63) is 47.4 Å². The molecule has 2 aliphatic heterocycles. The summed E-state index contributed by atoms with van der Waals surface area (Å²) in [5.41, 5.74) is 4.25. The van der Waals surface area contributed by atoms with Gasteiger partial charge in [0.15, 0.2) is 11.9 Å². The van der Waals surface area contributed by atoms with Crippen LogP contribution in [0.1, 0.15) is 42.7 Å². The van der Waals surface area contributed by atoms with Crippen molar-refractivity contribution in [3.8, 4) is 5.75 Å². The topological polar surface area (TPSA) is 115 Å². The Hall–Kier alpha value is -2.88. The maximum atomic E-state index is 11.1. The number of aromatic nitrogens is 3. The monoisotopic (exact) mass is 453 g/mol. The third kappa shape index (κ3) is 4.12. The average molecular weight is 454 g/mol. The first-order chi connectivity index (χ1) is 15.9.